The zero-order valence-electron chi connectivity index (χ0n) is 10.7. The Bertz CT molecular complexity index is 717. The molecule has 3 heteroatoms. The summed E-state index contributed by atoms with van der Waals surface area (Å²) in [5, 5.41) is 2.27. The van der Waals surface area contributed by atoms with Crippen LogP contribution in [-0.2, 0) is 0 Å². The predicted octanol–water partition coefficient (Wildman–Crippen LogP) is 2.99. The van der Waals surface area contributed by atoms with Gasteiger partial charge in [-0.15, -0.1) is 0 Å². The Labute approximate surface area is 112 Å². The van der Waals surface area contributed by atoms with Crippen molar-refractivity contribution in [2.24, 2.45) is 5.73 Å². The lowest BCUT2D eigenvalue weighted by Gasteiger charge is -2.16. The molecule has 94 valence electrons. The summed E-state index contributed by atoms with van der Waals surface area (Å²) in [6, 6.07) is 10.0. The number of hydrogen-bond acceptors (Lipinski definition) is 3. The second kappa shape index (κ2) is 4.78. The van der Waals surface area contributed by atoms with Crippen LogP contribution in [0.2, 0.25) is 0 Å². The molecule has 0 spiro atoms. The van der Waals surface area contributed by atoms with Gasteiger partial charge in [0, 0.05) is 30.2 Å². The van der Waals surface area contributed by atoms with E-state index in [1.807, 2.05) is 37.5 Å². The number of aromatic nitrogens is 2. The Morgan fingerprint density at radius 2 is 1.74 bits per heavy atom. The number of nitrogens with two attached hydrogens (primary N) is 1. The highest BCUT2D eigenvalue weighted by Gasteiger charge is 2.13. The Balaban J connectivity index is 2.17. The molecule has 0 fully saturated rings. The maximum Gasteiger partial charge on any atom is 0.0561 e. The predicted molar refractivity (Wildman–Crippen MR) is 76.7 cm³/mol. The second-order valence-corrected chi connectivity index (χ2v) is 4.65. The van der Waals surface area contributed by atoms with E-state index in [1.54, 1.807) is 12.4 Å². The second-order valence-electron chi connectivity index (χ2n) is 4.65. The number of hydrogen-bond donors (Lipinski definition) is 1. The van der Waals surface area contributed by atoms with E-state index in [9.17, 15) is 0 Å². The summed E-state index contributed by atoms with van der Waals surface area (Å²) in [7, 11) is 0. The molecule has 19 heavy (non-hydrogen) atoms. The highest BCUT2D eigenvalue weighted by molar-refractivity contribution is 5.85. The van der Waals surface area contributed by atoms with Crippen LogP contribution in [0.25, 0.3) is 10.8 Å². The molecule has 2 heterocycles. The number of nitrogens with zero attached hydrogens (tertiary/aromatic N) is 2. The molecule has 0 aliphatic carbocycles. The number of benzene rings is 1. The van der Waals surface area contributed by atoms with Gasteiger partial charge in [0.2, 0.25) is 0 Å². The van der Waals surface area contributed by atoms with Crippen molar-refractivity contribution in [3.05, 3.63) is 71.8 Å². The average Bonchev–Trinajstić information content (AvgIpc) is 2.46. The lowest BCUT2D eigenvalue weighted by Crippen LogP contribution is -2.13. The van der Waals surface area contributed by atoms with Crippen LogP contribution in [-0.4, -0.2) is 9.97 Å². The average molecular weight is 249 g/mol. The van der Waals surface area contributed by atoms with E-state index in [0.29, 0.717) is 0 Å². The molecule has 0 saturated heterocycles. The van der Waals surface area contributed by atoms with Gasteiger partial charge in [-0.1, -0.05) is 18.2 Å². The number of pyridine rings is 2. The first-order valence-corrected chi connectivity index (χ1v) is 6.26. The third kappa shape index (κ3) is 2.09. The molecule has 3 nitrogen and oxygen atoms in total. The highest BCUT2D eigenvalue weighted by atomic mass is 14.7. The quantitative estimate of drug-likeness (QED) is 0.759. The molecule has 1 unspecified atom stereocenters. The lowest BCUT2D eigenvalue weighted by atomic mass is 9.93. The molecule has 0 amide bonds. The third-order valence-electron chi connectivity index (χ3n) is 3.45. The topological polar surface area (TPSA) is 51.8 Å². The zero-order chi connectivity index (χ0) is 13.2. The normalized spacial score (nSPS) is 12.5. The standard InChI is InChI=1S/C16H15N3/c1-11-9-18-7-5-13(11)16(17)15-4-2-3-12-10-19-8-6-14(12)15/h2-10,16H,17H2,1H3. The minimum absolute atomic E-state index is 0.144. The van der Waals surface area contributed by atoms with Crippen LogP contribution >= 0.6 is 0 Å². The van der Waals surface area contributed by atoms with Gasteiger partial charge in [-0.05, 0) is 41.1 Å². The van der Waals surface area contributed by atoms with Crippen molar-refractivity contribution in [2.45, 2.75) is 13.0 Å². The van der Waals surface area contributed by atoms with Crippen LogP contribution in [0.1, 0.15) is 22.7 Å². The summed E-state index contributed by atoms with van der Waals surface area (Å²) in [5.74, 6) is 0. The van der Waals surface area contributed by atoms with E-state index >= 15 is 0 Å². The molecule has 3 aromatic rings. The van der Waals surface area contributed by atoms with Gasteiger partial charge in [0.15, 0.2) is 0 Å². The molecule has 0 saturated carbocycles. The largest absolute Gasteiger partial charge is 0.320 e. The minimum Gasteiger partial charge on any atom is -0.320 e. The molecular formula is C16H15N3. The third-order valence-corrected chi connectivity index (χ3v) is 3.45. The Kier molecular flexibility index (Phi) is 2.97. The van der Waals surface area contributed by atoms with Crippen LogP contribution in [0.3, 0.4) is 0 Å². The van der Waals surface area contributed by atoms with Gasteiger partial charge in [0.1, 0.15) is 0 Å². The fourth-order valence-corrected chi connectivity index (χ4v) is 2.42. The fraction of sp³-hybridized carbons (Fsp3) is 0.125. The fourth-order valence-electron chi connectivity index (χ4n) is 2.42. The zero-order valence-corrected chi connectivity index (χ0v) is 10.7. The van der Waals surface area contributed by atoms with Crippen molar-refractivity contribution >= 4 is 10.8 Å². The van der Waals surface area contributed by atoms with Gasteiger partial charge in [0.25, 0.3) is 0 Å². The molecule has 0 aliphatic heterocycles. The summed E-state index contributed by atoms with van der Waals surface area (Å²) in [5.41, 5.74) is 9.78. The molecule has 1 aromatic carbocycles. The number of aryl methyl sites for hydroxylation is 1. The van der Waals surface area contributed by atoms with E-state index < -0.39 is 0 Å². The van der Waals surface area contributed by atoms with Gasteiger partial charge in [-0.3, -0.25) is 9.97 Å². The SMILES string of the molecule is Cc1cnccc1C(N)c1cccc2cnccc12. The van der Waals surface area contributed by atoms with Crippen molar-refractivity contribution in [2.75, 3.05) is 0 Å². The van der Waals surface area contributed by atoms with E-state index in [-0.39, 0.29) is 6.04 Å². The van der Waals surface area contributed by atoms with Crippen LogP contribution in [0.15, 0.2) is 55.1 Å². The van der Waals surface area contributed by atoms with E-state index in [4.69, 9.17) is 5.73 Å². The summed E-state index contributed by atoms with van der Waals surface area (Å²) in [6.07, 6.45) is 7.31. The molecule has 3 rings (SSSR count). The lowest BCUT2D eigenvalue weighted by molar-refractivity contribution is 0.865. The van der Waals surface area contributed by atoms with Crippen molar-refractivity contribution in [1.29, 1.82) is 0 Å². The molecule has 1 atom stereocenters. The summed E-state index contributed by atoms with van der Waals surface area (Å²) in [4.78, 5) is 8.27. The van der Waals surface area contributed by atoms with E-state index in [2.05, 4.69) is 22.1 Å². The Morgan fingerprint density at radius 1 is 0.947 bits per heavy atom. The van der Waals surface area contributed by atoms with Gasteiger partial charge < -0.3 is 5.73 Å². The Morgan fingerprint density at radius 3 is 2.58 bits per heavy atom. The first-order valence-electron chi connectivity index (χ1n) is 6.26. The van der Waals surface area contributed by atoms with Crippen molar-refractivity contribution in [3.63, 3.8) is 0 Å². The van der Waals surface area contributed by atoms with Crippen molar-refractivity contribution in [3.8, 4) is 0 Å². The van der Waals surface area contributed by atoms with Crippen LogP contribution in [0, 0.1) is 6.92 Å². The maximum absolute atomic E-state index is 6.44. The molecule has 0 radical (unpaired) electrons. The summed E-state index contributed by atoms with van der Waals surface area (Å²) >= 11 is 0. The first kappa shape index (κ1) is 11.8. The number of fused-ring (bicyclic) bond motifs is 1. The molecular weight excluding hydrogens is 234 g/mol. The molecule has 2 N–H and O–H groups in total. The minimum atomic E-state index is -0.144. The van der Waals surface area contributed by atoms with Crippen LogP contribution in [0.4, 0.5) is 0 Å². The van der Waals surface area contributed by atoms with Gasteiger partial charge in [-0.25, -0.2) is 0 Å². The first-order chi connectivity index (χ1) is 9.27. The maximum atomic E-state index is 6.44. The summed E-state index contributed by atoms with van der Waals surface area (Å²) in [6.45, 7) is 2.04. The van der Waals surface area contributed by atoms with Crippen molar-refractivity contribution in [1.82, 2.24) is 9.97 Å². The van der Waals surface area contributed by atoms with Gasteiger partial charge >= 0.3 is 0 Å². The van der Waals surface area contributed by atoms with E-state index in [1.165, 1.54) is 0 Å². The smallest absolute Gasteiger partial charge is 0.0561 e. The highest BCUT2D eigenvalue weighted by Crippen LogP contribution is 2.27. The van der Waals surface area contributed by atoms with Gasteiger partial charge in [0.05, 0.1) is 6.04 Å². The molecule has 0 bridgehead atoms. The molecule has 0 aliphatic rings. The van der Waals surface area contributed by atoms with Crippen LogP contribution < -0.4 is 5.73 Å². The van der Waals surface area contributed by atoms with E-state index in [0.717, 1.165) is 27.5 Å². The molecule has 2 aromatic heterocycles. The van der Waals surface area contributed by atoms with Crippen molar-refractivity contribution < 1.29 is 0 Å². The number of rotatable bonds is 2. The summed E-state index contributed by atoms with van der Waals surface area (Å²) < 4.78 is 0. The Hall–Kier alpha value is -2.26. The van der Waals surface area contributed by atoms with Crippen LogP contribution in [0.5, 0.6) is 0 Å². The monoisotopic (exact) mass is 249 g/mol. The van der Waals surface area contributed by atoms with Gasteiger partial charge in [-0.2, -0.15) is 0 Å².